The van der Waals surface area contributed by atoms with Crippen molar-refractivity contribution in [2.24, 2.45) is 5.92 Å². The number of esters is 1. The van der Waals surface area contributed by atoms with Gasteiger partial charge in [0.05, 0.1) is 0 Å². The lowest BCUT2D eigenvalue weighted by Gasteiger charge is -2.12. The van der Waals surface area contributed by atoms with Crippen LogP contribution in [0.15, 0.2) is 11.6 Å². The molecule has 0 amide bonds. The molecule has 0 radical (unpaired) electrons. The van der Waals surface area contributed by atoms with Crippen molar-refractivity contribution in [3.05, 3.63) is 11.6 Å². The Bertz CT molecular complexity index is 320. The summed E-state index contributed by atoms with van der Waals surface area (Å²) in [5.74, 6) is -0.227. The third kappa shape index (κ3) is 9.42. The Morgan fingerprint density at radius 3 is 2.37 bits per heavy atom. The van der Waals surface area contributed by atoms with E-state index in [-0.39, 0.29) is 12.4 Å². The van der Waals surface area contributed by atoms with E-state index in [2.05, 4.69) is 0 Å². The standard InChI is InChI=1S/C15H26O4/c1-11(6-5-7-12(2)10-16)8-9-15(13(3)17)19-14(4)18/h8,12,15-16H,5-7,9-10H2,1-4H3/b11-8-/t12-,15?/m0/s1. The number of hydrogen-bond donors (Lipinski definition) is 1. The highest BCUT2D eigenvalue weighted by Gasteiger charge is 2.15. The number of carbonyl (C=O) groups is 2. The zero-order chi connectivity index (χ0) is 14.8. The highest BCUT2D eigenvalue weighted by atomic mass is 16.5. The van der Waals surface area contributed by atoms with Crippen LogP contribution in [-0.4, -0.2) is 29.6 Å². The van der Waals surface area contributed by atoms with Crippen molar-refractivity contribution in [3.63, 3.8) is 0 Å². The van der Waals surface area contributed by atoms with Crippen molar-refractivity contribution in [3.8, 4) is 0 Å². The van der Waals surface area contributed by atoms with E-state index < -0.39 is 12.1 Å². The number of ketones is 1. The maximum absolute atomic E-state index is 11.3. The number of aliphatic hydroxyl groups is 1. The molecule has 0 aromatic heterocycles. The van der Waals surface area contributed by atoms with Crippen molar-refractivity contribution >= 4 is 11.8 Å². The van der Waals surface area contributed by atoms with E-state index in [1.807, 2.05) is 19.9 Å². The molecule has 0 heterocycles. The molecule has 0 rings (SSSR count). The summed E-state index contributed by atoms with van der Waals surface area (Å²) in [6.45, 7) is 6.99. The monoisotopic (exact) mass is 270 g/mol. The average Bonchev–Trinajstić information content (AvgIpc) is 2.33. The second-order valence-electron chi connectivity index (χ2n) is 5.17. The van der Waals surface area contributed by atoms with E-state index in [0.717, 1.165) is 19.3 Å². The minimum absolute atomic E-state index is 0.131. The van der Waals surface area contributed by atoms with E-state index in [1.165, 1.54) is 19.4 Å². The van der Waals surface area contributed by atoms with Crippen LogP contribution in [0.5, 0.6) is 0 Å². The van der Waals surface area contributed by atoms with Gasteiger partial charge < -0.3 is 9.84 Å². The number of rotatable bonds is 9. The Morgan fingerprint density at radius 1 is 1.26 bits per heavy atom. The van der Waals surface area contributed by atoms with Crippen LogP contribution in [0.25, 0.3) is 0 Å². The molecule has 0 aromatic carbocycles. The van der Waals surface area contributed by atoms with Crippen LogP contribution in [0, 0.1) is 5.92 Å². The van der Waals surface area contributed by atoms with Crippen molar-refractivity contribution < 1.29 is 19.4 Å². The number of carbonyl (C=O) groups excluding carboxylic acids is 2. The van der Waals surface area contributed by atoms with Crippen LogP contribution in [0.2, 0.25) is 0 Å². The van der Waals surface area contributed by atoms with Crippen LogP contribution >= 0.6 is 0 Å². The molecular formula is C15H26O4. The second-order valence-corrected chi connectivity index (χ2v) is 5.17. The zero-order valence-corrected chi connectivity index (χ0v) is 12.4. The first-order valence-corrected chi connectivity index (χ1v) is 6.81. The largest absolute Gasteiger partial charge is 0.454 e. The lowest BCUT2D eigenvalue weighted by molar-refractivity contribution is -0.152. The van der Waals surface area contributed by atoms with E-state index in [4.69, 9.17) is 9.84 Å². The van der Waals surface area contributed by atoms with Gasteiger partial charge in [-0.05, 0) is 39.0 Å². The Hall–Kier alpha value is -1.16. The summed E-state index contributed by atoms with van der Waals surface area (Å²) in [6.07, 6.45) is 4.68. The topological polar surface area (TPSA) is 63.6 Å². The molecule has 0 aliphatic rings. The molecule has 0 aromatic rings. The summed E-state index contributed by atoms with van der Waals surface area (Å²) in [4.78, 5) is 22.2. The fraction of sp³-hybridized carbons (Fsp3) is 0.733. The molecule has 110 valence electrons. The first kappa shape index (κ1) is 17.8. The Balaban J connectivity index is 4.12. The molecule has 4 nitrogen and oxygen atoms in total. The molecule has 1 unspecified atom stereocenters. The third-order valence-electron chi connectivity index (χ3n) is 3.02. The Morgan fingerprint density at radius 2 is 1.89 bits per heavy atom. The second kappa shape index (κ2) is 9.73. The van der Waals surface area contributed by atoms with Gasteiger partial charge in [-0.3, -0.25) is 9.59 Å². The van der Waals surface area contributed by atoms with Crippen LogP contribution in [0.1, 0.15) is 53.4 Å². The van der Waals surface area contributed by atoms with E-state index in [0.29, 0.717) is 12.3 Å². The molecular weight excluding hydrogens is 244 g/mol. The summed E-state index contributed by atoms with van der Waals surface area (Å²) in [5.41, 5.74) is 1.18. The van der Waals surface area contributed by atoms with Gasteiger partial charge in [-0.2, -0.15) is 0 Å². The summed E-state index contributed by atoms with van der Waals surface area (Å²) in [5, 5.41) is 8.92. The summed E-state index contributed by atoms with van der Waals surface area (Å²) in [6, 6.07) is 0. The molecule has 0 bridgehead atoms. The molecule has 2 atom stereocenters. The molecule has 0 saturated heterocycles. The van der Waals surface area contributed by atoms with Gasteiger partial charge in [-0.25, -0.2) is 0 Å². The Kier molecular flexibility index (Phi) is 9.13. The Labute approximate surface area is 115 Å². The molecule has 0 fully saturated rings. The SMILES string of the molecule is CC(=O)OC(C/C=C(/C)CCC[C@H](C)CO)C(C)=O. The normalized spacial score (nSPS) is 14.9. The first-order chi connectivity index (χ1) is 8.86. The van der Waals surface area contributed by atoms with E-state index in [9.17, 15) is 9.59 Å². The summed E-state index contributed by atoms with van der Waals surface area (Å²) >= 11 is 0. The van der Waals surface area contributed by atoms with Crippen LogP contribution in [0.4, 0.5) is 0 Å². The predicted molar refractivity (Wildman–Crippen MR) is 74.7 cm³/mol. The average molecular weight is 270 g/mol. The van der Waals surface area contributed by atoms with Crippen molar-refractivity contribution in [2.75, 3.05) is 6.61 Å². The molecule has 0 aliphatic carbocycles. The van der Waals surface area contributed by atoms with Gasteiger partial charge in [0.1, 0.15) is 0 Å². The summed E-state index contributed by atoms with van der Waals surface area (Å²) < 4.78 is 4.96. The van der Waals surface area contributed by atoms with Gasteiger partial charge in [0, 0.05) is 20.0 Å². The smallest absolute Gasteiger partial charge is 0.303 e. The number of Topliss-reactive ketones (excluding diaryl/α,β-unsaturated/α-hetero) is 1. The fourth-order valence-electron chi connectivity index (χ4n) is 1.73. The van der Waals surface area contributed by atoms with Gasteiger partial charge in [0.2, 0.25) is 0 Å². The van der Waals surface area contributed by atoms with Crippen LogP contribution < -0.4 is 0 Å². The van der Waals surface area contributed by atoms with Crippen molar-refractivity contribution in [1.82, 2.24) is 0 Å². The molecule has 1 N–H and O–H groups in total. The zero-order valence-electron chi connectivity index (χ0n) is 12.4. The van der Waals surface area contributed by atoms with Gasteiger partial charge in [0.25, 0.3) is 0 Å². The van der Waals surface area contributed by atoms with E-state index in [1.54, 1.807) is 0 Å². The van der Waals surface area contributed by atoms with Gasteiger partial charge >= 0.3 is 5.97 Å². The maximum atomic E-state index is 11.3. The minimum atomic E-state index is -0.663. The minimum Gasteiger partial charge on any atom is -0.454 e. The maximum Gasteiger partial charge on any atom is 0.303 e. The lowest BCUT2D eigenvalue weighted by atomic mass is 10.0. The quantitative estimate of drug-likeness (QED) is 0.517. The highest BCUT2D eigenvalue weighted by molar-refractivity contribution is 5.83. The van der Waals surface area contributed by atoms with Crippen LogP contribution in [0.3, 0.4) is 0 Å². The first-order valence-electron chi connectivity index (χ1n) is 6.81. The van der Waals surface area contributed by atoms with Crippen LogP contribution in [-0.2, 0) is 14.3 Å². The third-order valence-corrected chi connectivity index (χ3v) is 3.02. The molecule has 0 aliphatic heterocycles. The molecule has 4 heteroatoms. The fourth-order valence-corrected chi connectivity index (χ4v) is 1.73. The highest BCUT2D eigenvalue weighted by Crippen LogP contribution is 2.13. The molecule has 0 spiro atoms. The van der Waals surface area contributed by atoms with E-state index >= 15 is 0 Å². The van der Waals surface area contributed by atoms with Crippen molar-refractivity contribution in [2.45, 2.75) is 59.5 Å². The number of allylic oxidation sites excluding steroid dienone is 1. The van der Waals surface area contributed by atoms with Gasteiger partial charge in [-0.1, -0.05) is 18.6 Å². The summed E-state index contributed by atoms with van der Waals surface area (Å²) in [7, 11) is 0. The van der Waals surface area contributed by atoms with Gasteiger partial charge in [-0.15, -0.1) is 0 Å². The molecule has 19 heavy (non-hydrogen) atoms. The lowest BCUT2D eigenvalue weighted by Crippen LogP contribution is -2.23. The predicted octanol–water partition coefficient (Wildman–Crippen LogP) is 2.64. The van der Waals surface area contributed by atoms with Crippen molar-refractivity contribution in [1.29, 1.82) is 0 Å². The number of ether oxygens (including phenoxy) is 1. The van der Waals surface area contributed by atoms with Gasteiger partial charge in [0.15, 0.2) is 11.9 Å². The molecule has 0 saturated carbocycles. The number of aliphatic hydroxyl groups excluding tert-OH is 1. The number of hydrogen-bond acceptors (Lipinski definition) is 4.